The van der Waals surface area contributed by atoms with Crippen LogP contribution in [0.4, 0.5) is 4.39 Å². The van der Waals surface area contributed by atoms with Crippen molar-refractivity contribution in [2.24, 2.45) is 11.7 Å². The molecule has 0 aromatic heterocycles. The minimum atomic E-state index is -0.639. The lowest BCUT2D eigenvalue weighted by atomic mass is 10.0. The first-order valence-electron chi connectivity index (χ1n) is 7.05. The van der Waals surface area contributed by atoms with Gasteiger partial charge < -0.3 is 10.6 Å². The molecule has 5 heteroatoms. The molecule has 1 amide bonds. The summed E-state index contributed by atoms with van der Waals surface area (Å²) in [6, 6.07) is 4.64. The van der Waals surface area contributed by atoms with Crippen molar-refractivity contribution in [3.8, 4) is 0 Å². The molecule has 1 fully saturated rings. The van der Waals surface area contributed by atoms with Crippen molar-refractivity contribution in [1.29, 1.82) is 0 Å². The number of halogens is 2. The summed E-state index contributed by atoms with van der Waals surface area (Å²) in [5, 5.41) is -0.0197. The van der Waals surface area contributed by atoms with Gasteiger partial charge in [-0.15, -0.1) is 0 Å². The third-order valence-corrected chi connectivity index (χ3v) is 4.40. The molecule has 20 heavy (non-hydrogen) atoms. The number of carbonyl (C=O) groups is 1. The van der Waals surface area contributed by atoms with Crippen molar-refractivity contribution < 1.29 is 9.18 Å². The predicted octanol–water partition coefficient (Wildman–Crippen LogP) is 3.07. The smallest absolute Gasteiger partial charge is 0.257 e. The van der Waals surface area contributed by atoms with Gasteiger partial charge >= 0.3 is 0 Å². The molecule has 3 nitrogen and oxygen atoms in total. The lowest BCUT2D eigenvalue weighted by molar-refractivity contribution is 0.0647. The summed E-state index contributed by atoms with van der Waals surface area (Å²) in [5.41, 5.74) is 5.82. The van der Waals surface area contributed by atoms with E-state index in [-0.39, 0.29) is 22.5 Å². The average Bonchev–Trinajstić information content (AvgIpc) is 2.91. The summed E-state index contributed by atoms with van der Waals surface area (Å²) in [4.78, 5) is 14.3. The van der Waals surface area contributed by atoms with Gasteiger partial charge in [-0.3, -0.25) is 4.79 Å². The van der Waals surface area contributed by atoms with E-state index >= 15 is 0 Å². The van der Waals surface area contributed by atoms with Crippen LogP contribution in [0.25, 0.3) is 0 Å². The van der Waals surface area contributed by atoms with E-state index in [0.717, 1.165) is 19.3 Å². The zero-order chi connectivity index (χ0) is 14.7. The highest BCUT2D eigenvalue weighted by Crippen LogP contribution is 2.31. The Bertz CT molecular complexity index is 495. The summed E-state index contributed by atoms with van der Waals surface area (Å²) in [7, 11) is 0. The molecular weight excluding hydrogens is 279 g/mol. The molecule has 0 aliphatic heterocycles. The standard InChI is InChI=1S/C15H20ClFN2O/c1-2-19(13-8-3-5-10(13)9-18)15(20)11-6-4-7-12(16)14(11)17/h4,6-7,10,13H,2-3,5,8-9,18H2,1H3. The average molecular weight is 299 g/mol. The minimum absolute atomic E-state index is 0.0197. The van der Waals surface area contributed by atoms with Crippen molar-refractivity contribution in [3.05, 3.63) is 34.6 Å². The van der Waals surface area contributed by atoms with Crippen molar-refractivity contribution in [2.75, 3.05) is 13.1 Å². The lowest BCUT2D eigenvalue weighted by Crippen LogP contribution is -2.44. The van der Waals surface area contributed by atoms with Gasteiger partial charge in [-0.1, -0.05) is 24.1 Å². The van der Waals surface area contributed by atoms with Gasteiger partial charge in [-0.25, -0.2) is 4.39 Å². The fourth-order valence-electron chi connectivity index (χ4n) is 3.05. The highest BCUT2D eigenvalue weighted by Gasteiger charge is 2.34. The molecule has 1 saturated carbocycles. The number of amides is 1. The van der Waals surface area contributed by atoms with Crippen molar-refractivity contribution in [1.82, 2.24) is 4.90 Å². The summed E-state index contributed by atoms with van der Waals surface area (Å²) in [5.74, 6) is -0.626. The topological polar surface area (TPSA) is 46.3 Å². The van der Waals surface area contributed by atoms with Gasteiger partial charge in [0, 0.05) is 12.6 Å². The molecule has 2 unspecified atom stereocenters. The van der Waals surface area contributed by atoms with Gasteiger partial charge in [0.25, 0.3) is 5.91 Å². The minimum Gasteiger partial charge on any atom is -0.336 e. The monoisotopic (exact) mass is 298 g/mol. The van der Waals surface area contributed by atoms with Crippen molar-refractivity contribution >= 4 is 17.5 Å². The molecule has 110 valence electrons. The Morgan fingerprint density at radius 3 is 2.90 bits per heavy atom. The maximum Gasteiger partial charge on any atom is 0.257 e. The maximum absolute atomic E-state index is 14.0. The number of hydrogen-bond donors (Lipinski definition) is 1. The summed E-state index contributed by atoms with van der Waals surface area (Å²) in [6.45, 7) is 3.02. The Morgan fingerprint density at radius 2 is 2.25 bits per heavy atom. The number of nitrogens with two attached hydrogens (primary N) is 1. The SMILES string of the molecule is CCN(C(=O)c1cccc(Cl)c1F)C1CCCC1CN. The first-order valence-corrected chi connectivity index (χ1v) is 7.43. The summed E-state index contributed by atoms with van der Waals surface area (Å²) < 4.78 is 14.0. The van der Waals surface area contributed by atoms with Gasteiger partial charge in [-0.05, 0) is 44.4 Å². The van der Waals surface area contributed by atoms with Gasteiger partial charge in [-0.2, -0.15) is 0 Å². The molecular formula is C15H20ClFN2O. The highest BCUT2D eigenvalue weighted by atomic mass is 35.5. The molecule has 0 radical (unpaired) electrons. The van der Waals surface area contributed by atoms with Crippen LogP contribution < -0.4 is 5.73 Å². The molecule has 0 spiro atoms. The molecule has 0 bridgehead atoms. The number of benzene rings is 1. The molecule has 1 aliphatic rings. The van der Waals surface area contributed by atoms with Gasteiger partial charge in [0.05, 0.1) is 10.6 Å². The second kappa shape index (κ2) is 6.55. The van der Waals surface area contributed by atoms with E-state index in [1.165, 1.54) is 12.1 Å². The van der Waals surface area contributed by atoms with Gasteiger partial charge in [0.15, 0.2) is 5.82 Å². The fraction of sp³-hybridized carbons (Fsp3) is 0.533. The molecule has 0 heterocycles. The summed E-state index contributed by atoms with van der Waals surface area (Å²) in [6.07, 6.45) is 3.03. The number of rotatable bonds is 4. The Labute approximate surface area is 123 Å². The van der Waals surface area contributed by atoms with Crippen molar-refractivity contribution in [2.45, 2.75) is 32.2 Å². The largest absolute Gasteiger partial charge is 0.336 e. The second-order valence-electron chi connectivity index (χ2n) is 5.19. The van der Waals surface area contributed by atoms with E-state index in [0.29, 0.717) is 19.0 Å². The normalized spacial score (nSPS) is 22.0. The van der Waals surface area contributed by atoms with Crippen LogP contribution in [0.5, 0.6) is 0 Å². The molecule has 1 aromatic rings. The molecule has 0 saturated heterocycles. The van der Waals surface area contributed by atoms with E-state index in [4.69, 9.17) is 17.3 Å². The number of carbonyl (C=O) groups excluding carboxylic acids is 1. The van der Waals surface area contributed by atoms with Gasteiger partial charge in [0.2, 0.25) is 0 Å². The highest BCUT2D eigenvalue weighted by molar-refractivity contribution is 6.31. The Morgan fingerprint density at radius 1 is 1.50 bits per heavy atom. The second-order valence-corrected chi connectivity index (χ2v) is 5.59. The Hall–Kier alpha value is -1.13. The predicted molar refractivity (Wildman–Crippen MR) is 78.3 cm³/mol. The Balaban J connectivity index is 2.27. The van der Waals surface area contributed by atoms with Gasteiger partial charge in [0.1, 0.15) is 0 Å². The van der Waals surface area contributed by atoms with E-state index in [1.54, 1.807) is 11.0 Å². The number of nitrogens with zero attached hydrogens (tertiary/aromatic N) is 1. The van der Waals surface area contributed by atoms with Crippen LogP contribution in [-0.2, 0) is 0 Å². The van der Waals surface area contributed by atoms with Crippen LogP contribution >= 0.6 is 11.6 Å². The third-order valence-electron chi connectivity index (χ3n) is 4.11. The first-order chi connectivity index (χ1) is 9.60. The van der Waals surface area contributed by atoms with Crippen LogP contribution in [0.1, 0.15) is 36.5 Å². The molecule has 2 N–H and O–H groups in total. The number of hydrogen-bond acceptors (Lipinski definition) is 2. The van der Waals surface area contributed by atoms with Crippen LogP contribution in [0.2, 0.25) is 5.02 Å². The van der Waals surface area contributed by atoms with E-state index in [1.807, 2.05) is 6.92 Å². The zero-order valence-electron chi connectivity index (χ0n) is 11.6. The van der Waals surface area contributed by atoms with Crippen LogP contribution in [0.15, 0.2) is 18.2 Å². The Kier molecular flexibility index (Phi) is 5.00. The molecule has 1 aliphatic carbocycles. The molecule has 2 atom stereocenters. The van der Waals surface area contributed by atoms with E-state index < -0.39 is 5.82 Å². The van der Waals surface area contributed by atoms with Crippen LogP contribution in [-0.4, -0.2) is 29.9 Å². The lowest BCUT2D eigenvalue weighted by Gasteiger charge is -2.32. The third kappa shape index (κ3) is 2.81. The first kappa shape index (κ1) is 15.3. The fourth-order valence-corrected chi connectivity index (χ4v) is 3.23. The molecule has 2 rings (SSSR count). The quantitative estimate of drug-likeness (QED) is 0.928. The van der Waals surface area contributed by atoms with Crippen LogP contribution in [0, 0.1) is 11.7 Å². The van der Waals surface area contributed by atoms with Crippen LogP contribution in [0.3, 0.4) is 0 Å². The summed E-state index contributed by atoms with van der Waals surface area (Å²) >= 11 is 5.76. The van der Waals surface area contributed by atoms with E-state index in [9.17, 15) is 9.18 Å². The van der Waals surface area contributed by atoms with Crippen molar-refractivity contribution in [3.63, 3.8) is 0 Å². The van der Waals surface area contributed by atoms with E-state index in [2.05, 4.69) is 0 Å². The molecule has 1 aromatic carbocycles. The zero-order valence-corrected chi connectivity index (χ0v) is 12.4. The maximum atomic E-state index is 14.0.